The zero-order valence-corrected chi connectivity index (χ0v) is 22.2. The minimum atomic E-state index is -0.178. The molecule has 3 aliphatic rings. The summed E-state index contributed by atoms with van der Waals surface area (Å²) in [7, 11) is 3.36. The number of amides is 2. The van der Waals surface area contributed by atoms with Crippen molar-refractivity contribution in [3.05, 3.63) is 42.6 Å². The number of carbonyl (C=O) groups excluding carboxylic acids is 2. The summed E-state index contributed by atoms with van der Waals surface area (Å²) in [6.07, 6.45) is 9.59. The Hall–Kier alpha value is -3.66. The van der Waals surface area contributed by atoms with Gasteiger partial charge in [-0.2, -0.15) is 4.98 Å². The number of hydrogen-bond acceptors (Lipinski definition) is 8. The third kappa shape index (κ3) is 5.31. The summed E-state index contributed by atoms with van der Waals surface area (Å²) in [4.78, 5) is 39.4. The molecule has 1 aromatic heterocycles. The number of ether oxygens (including phenoxy) is 1. The van der Waals surface area contributed by atoms with Crippen molar-refractivity contribution in [1.29, 1.82) is 0 Å². The van der Waals surface area contributed by atoms with Crippen molar-refractivity contribution in [1.82, 2.24) is 20.6 Å². The first-order valence-corrected chi connectivity index (χ1v) is 13.5. The standard InChI is InChI=1S/C28H37N7O3/c1-4-7-19-17-35(21-8-5-6-9-21)25-23(34(2)27(19)37)16-30-28(33-25)32-22-11-10-18(14-24(22)38-3)26(36)31-20-12-13-29-15-20/h4,10-11,14,16,19-21,29H,1,5-9,12-13,15,17H2,2-3H3,(H,31,36)(H,30,32,33)/t19-,20-/m0/s1. The number of nitrogens with one attached hydrogen (secondary N) is 3. The van der Waals surface area contributed by atoms with Gasteiger partial charge in [0.25, 0.3) is 5.91 Å². The molecule has 2 atom stereocenters. The second-order valence-electron chi connectivity index (χ2n) is 10.3. The Labute approximate surface area is 223 Å². The molecule has 2 fully saturated rings. The number of aromatic nitrogens is 2. The molecule has 10 heteroatoms. The fraction of sp³-hybridized carbons (Fsp3) is 0.500. The fourth-order valence-electron chi connectivity index (χ4n) is 5.69. The predicted octanol–water partition coefficient (Wildman–Crippen LogP) is 3.24. The number of benzene rings is 1. The Bertz CT molecular complexity index is 1190. The molecular weight excluding hydrogens is 482 g/mol. The van der Waals surface area contributed by atoms with E-state index in [0.29, 0.717) is 47.6 Å². The van der Waals surface area contributed by atoms with Crippen LogP contribution < -0.4 is 30.5 Å². The number of rotatable bonds is 8. The first kappa shape index (κ1) is 26.0. The minimum absolute atomic E-state index is 0.0554. The summed E-state index contributed by atoms with van der Waals surface area (Å²) in [5.41, 5.74) is 1.89. The molecule has 2 aliphatic heterocycles. The predicted molar refractivity (Wildman–Crippen MR) is 148 cm³/mol. The van der Waals surface area contributed by atoms with E-state index in [4.69, 9.17) is 9.72 Å². The molecule has 10 nitrogen and oxygen atoms in total. The third-order valence-electron chi connectivity index (χ3n) is 7.80. The topological polar surface area (TPSA) is 112 Å². The summed E-state index contributed by atoms with van der Waals surface area (Å²) in [6, 6.07) is 5.77. The van der Waals surface area contributed by atoms with Crippen LogP contribution in [0.3, 0.4) is 0 Å². The van der Waals surface area contributed by atoms with Gasteiger partial charge in [0.05, 0.1) is 24.9 Å². The van der Waals surface area contributed by atoms with E-state index in [9.17, 15) is 9.59 Å². The lowest BCUT2D eigenvalue weighted by molar-refractivity contribution is -0.121. The van der Waals surface area contributed by atoms with E-state index in [-0.39, 0.29) is 23.8 Å². The van der Waals surface area contributed by atoms with Crippen LogP contribution in [0.15, 0.2) is 37.1 Å². The van der Waals surface area contributed by atoms with Gasteiger partial charge in [0.2, 0.25) is 11.9 Å². The lowest BCUT2D eigenvalue weighted by Crippen LogP contribution is -2.39. The smallest absolute Gasteiger partial charge is 0.251 e. The van der Waals surface area contributed by atoms with E-state index in [2.05, 4.69) is 32.4 Å². The van der Waals surface area contributed by atoms with Crippen LogP contribution in [-0.4, -0.2) is 67.7 Å². The van der Waals surface area contributed by atoms with E-state index in [1.807, 2.05) is 6.08 Å². The van der Waals surface area contributed by atoms with Crippen molar-refractivity contribution >= 4 is 35.0 Å². The second-order valence-corrected chi connectivity index (χ2v) is 10.3. The van der Waals surface area contributed by atoms with E-state index < -0.39 is 0 Å². The van der Waals surface area contributed by atoms with Crippen molar-refractivity contribution < 1.29 is 14.3 Å². The number of carbonyl (C=O) groups is 2. The SMILES string of the molecule is C=CC[C@H]1CN(C2CCCC2)c2nc(Nc3ccc(C(=O)N[C@H]4CCNC4)cc3OC)ncc2N(C)C1=O. The Morgan fingerprint density at radius 1 is 1.29 bits per heavy atom. The molecule has 0 spiro atoms. The van der Waals surface area contributed by atoms with E-state index in [1.165, 1.54) is 12.8 Å². The van der Waals surface area contributed by atoms with Crippen LogP contribution in [-0.2, 0) is 4.79 Å². The number of fused-ring (bicyclic) bond motifs is 1. The van der Waals surface area contributed by atoms with Crippen LogP contribution in [0, 0.1) is 5.92 Å². The molecule has 1 aromatic carbocycles. The van der Waals surface area contributed by atoms with E-state index in [1.54, 1.807) is 43.5 Å². The zero-order valence-electron chi connectivity index (χ0n) is 22.2. The minimum Gasteiger partial charge on any atom is -0.495 e. The van der Waals surface area contributed by atoms with Crippen LogP contribution in [0.4, 0.5) is 23.1 Å². The summed E-state index contributed by atoms with van der Waals surface area (Å²) in [5, 5.41) is 9.59. The molecule has 0 radical (unpaired) electrons. The van der Waals surface area contributed by atoms with Crippen molar-refractivity contribution in [3.63, 3.8) is 0 Å². The normalized spacial score (nSPS) is 21.7. The highest BCUT2D eigenvalue weighted by atomic mass is 16.5. The monoisotopic (exact) mass is 519 g/mol. The van der Waals surface area contributed by atoms with Crippen LogP contribution in [0.5, 0.6) is 5.75 Å². The lowest BCUT2D eigenvalue weighted by atomic mass is 10.0. The first-order valence-electron chi connectivity index (χ1n) is 13.5. The molecule has 38 heavy (non-hydrogen) atoms. The molecule has 1 saturated heterocycles. The average Bonchev–Trinajstić information content (AvgIpc) is 3.64. The Morgan fingerprint density at radius 3 is 2.82 bits per heavy atom. The summed E-state index contributed by atoms with van der Waals surface area (Å²) in [6.45, 7) is 6.17. The molecule has 2 amide bonds. The highest BCUT2D eigenvalue weighted by Crippen LogP contribution is 2.38. The molecule has 5 rings (SSSR count). The van der Waals surface area contributed by atoms with E-state index >= 15 is 0 Å². The van der Waals surface area contributed by atoms with Crippen molar-refractivity contribution in [3.8, 4) is 5.75 Å². The van der Waals surface area contributed by atoms with Gasteiger partial charge < -0.3 is 30.5 Å². The largest absolute Gasteiger partial charge is 0.495 e. The highest BCUT2D eigenvalue weighted by molar-refractivity contribution is 5.99. The van der Waals surface area contributed by atoms with Gasteiger partial charge in [0, 0.05) is 37.8 Å². The van der Waals surface area contributed by atoms with Gasteiger partial charge in [-0.3, -0.25) is 9.59 Å². The maximum Gasteiger partial charge on any atom is 0.251 e. The average molecular weight is 520 g/mol. The molecule has 1 aliphatic carbocycles. The summed E-state index contributed by atoms with van der Waals surface area (Å²) < 4.78 is 5.60. The maximum absolute atomic E-state index is 13.2. The molecule has 2 aromatic rings. The van der Waals surface area contributed by atoms with Crippen LogP contribution in [0.2, 0.25) is 0 Å². The van der Waals surface area contributed by atoms with Gasteiger partial charge in [0.15, 0.2) is 5.82 Å². The molecule has 1 saturated carbocycles. The van der Waals surface area contributed by atoms with Gasteiger partial charge in [-0.05, 0) is 50.4 Å². The highest BCUT2D eigenvalue weighted by Gasteiger charge is 2.36. The van der Waals surface area contributed by atoms with Gasteiger partial charge in [0.1, 0.15) is 11.4 Å². The zero-order chi connectivity index (χ0) is 26.6. The van der Waals surface area contributed by atoms with Crippen molar-refractivity contribution in [2.75, 3.05) is 48.9 Å². The summed E-state index contributed by atoms with van der Waals surface area (Å²) in [5.74, 6) is 1.44. The van der Waals surface area contributed by atoms with Crippen molar-refractivity contribution in [2.24, 2.45) is 5.92 Å². The number of methoxy groups -OCH3 is 1. The first-order chi connectivity index (χ1) is 18.5. The van der Waals surface area contributed by atoms with Crippen LogP contribution >= 0.6 is 0 Å². The molecule has 0 unspecified atom stereocenters. The van der Waals surface area contributed by atoms with Gasteiger partial charge in [-0.25, -0.2) is 4.98 Å². The lowest BCUT2D eigenvalue weighted by Gasteiger charge is -2.31. The van der Waals surface area contributed by atoms with E-state index in [0.717, 1.165) is 38.2 Å². The molecule has 0 bridgehead atoms. The Kier molecular flexibility index (Phi) is 7.78. The fourth-order valence-corrected chi connectivity index (χ4v) is 5.69. The van der Waals surface area contributed by atoms with Gasteiger partial charge >= 0.3 is 0 Å². The number of hydrogen-bond donors (Lipinski definition) is 3. The molecule has 3 heterocycles. The van der Waals surface area contributed by atoms with Crippen LogP contribution in [0.25, 0.3) is 0 Å². The molecule has 3 N–H and O–H groups in total. The molecular formula is C28H37N7O3. The number of anilines is 4. The van der Waals surface area contributed by atoms with Crippen LogP contribution in [0.1, 0.15) is 48.9 Å². The number of allylic oxidation sites excluding steroid dienone is 1. The van der Waals surface area contributed by atoms with Crippen molar-refractivity contribution in [2.45, 2.75) is 50.6 Å². The quantitative estimate of drug-likeness (QED) is 0.456. The molecule has 202 valence electrons. The summed E-state index contributed by atoms with van der Waals surface area (Å²) >= 11 is 0. The van der Waals surface area contributed by atoms with Gasteiger partial charge in [-0.1, -0.05) is 18.9 Å². The van der Waals surface area contributed by atoms with Gasteiger partial charge in [-0.15, -0.1) is 6.58 Å². The second kappa shape index (κ2) is 11.4. The third-order valence-corrected chi connectivity index (χ3v) is 7.80. The maximum atomic E-state index is 13.2. The number of nitrogens with zero attached hydrogens (tertiary/aromatic N) is 4. The Balaban J connectivity index is 1.42. The Morgan fingerprint density at radius 2 is 2.11 bits per heavy atom.